The van der Waals surface area contributed by atoms with Gasteiger partial charge in [0, 0.05) is 10.9 Å². The Morgan fingerprint density at radius 2 is 1.67 bits per heavy atom. The van der Waals surface area contributed by atoms with Crippen LogP contribution < -0.4 is 5.32 Å². The maximum atomic E-state index is 3.24. The van der Waals surface area contributed by atoms with E-state index >= 15 is 0 Å². The van der Waals surface area contributed by atoms with Crippen LogP contribution in [0.5, 0.6) is 0 Å². The van der Waals surface area contributed by atoms with E-state index in [1.807, 2.05) is 7.05 Å². The second-order valence-electron chi connectivity index (χ2n) is 4.39. The number of rotatable bonds is 3. The van der Waals surface area contributed by atoms with Gasteiger partial charge in [0.2, 0.25) is 0 Å². The first-order valence-corrected chi connectivity index (χ1v) is 6.18. The Morgan fingerprint density at radius 1 is 0.944 bits per heavy atom. The van der Waals surface area contributed by atoms with Gasteiger partial charge in [-0.3, -0.25) is 0 Å². The summed E-state index contributed by atoms with van der Waals surface area (Å²) in [4.78, 5) is 0. The lowest BCUT2D eigenvalue weighted by atomic mass is 10.1. The van der Waals surface area contributed by atoms with Crippen molar-refractivity contribution in [2.45, 2.75) is 6.67 Å². The fourth-order valence-electron chi connectivity index (χ4n) is 2.39. The maximum Gasteiger partial charge on any atom is 0.0729 e. The van der Waals surface area contributed by atoms with E-state index in [1.165, 1.54) is 22.2 Å². The van der Waals surface area contributed by atoms with Crippen molar-refractivity contribution in [3.05, 3.63) is 60.7 Å². The molecule has 0 aliphatic heterocycles. The molecule has 1 N–H and O–H groups in total. The average molecular weight is 236 g/mol. The lowest BCUT2D eigenvalue weighted by molar-refractivity contribution is 0.642. The molecule has 0 bridgehead atoms. The van der Waals surface area contributed by atoms with Crippen molar-refractivity contribution in [3.8, 4) is 11.3 Å². The Balaban J connectivity index is 2.25. The number of fused-ring (bicyclic) bond motifs is 1. The molecule has 2 heteroatoms. The van der Waals surface area contributed by atoms with Crippen LogP contribution in [0.3, 0.4) is 0 Å². The predicted molar refractivity (Wildman–Crippen MR) is 76.4 cm³/mol. The molecule has 0 saturated heterocycles. The number of nitrogens with zero attached hydrogens (tertiary/aromatic N) is 1. The van der Waals surface area contributed by atoms with Crippen molar-refractivity contribution in [2.75, 3.05) is 7.05 Å². The Morgan fingerprint density at radius 3 is 2.44 bits per heavy atom. The number of hydrogen-bond donors (Lipinski definition) is 1. The lowest BCUT2D eigenvalue weighted by Gasteiger charge is -2.10. The van der Waals surface area contributed by atoms with Crippen LogP contribution in [0.15, 0.2) is 60.7 Å². The van der Waals surface area contributed by atoms with Gasteiger partial charge in [-0.25, -0.2) is 0 Å². The fourth-order valence-corrected chi connectivity index (χ4v) is 2.39. The summed E-state index contributed by atoms with van der Waals surface area (Å²) in [6.45, 7) is 0.817. The average Bonchev–Trinajstić information content (AvgIpc) is 2.80. The molecule has 0 spiro atoms. The summed E-state index contributed by atoms with van der Waals surface area (Å²) >= 11 is 0. The standard InChI is InChI=1S/C16H16N2/c1-17-12-18-15-10-6-5-9-14(15)11-16(18)13-7-3-2-4-8-13/h2-11,17H,12H2,1H3. The molecular weight excluding hydrogens is 220 g/mol. The highest BCUT2D eigenvalue weighted by Gasteiger charge is 2.08. The van der Waals surface area contributed by atoms with E-state index in [1.54, 1.807) is 0 Å². The second kappa shape index (κ2) is 4.67. The largest absolute Gasteiger partial charge is 0.327 e. The van der Waals surface area contributed by atoms with Crippen molar-refractivity contribution < 1.29 is 0 Å². The smallest absolute Gasteiger partial charge is 0.0729 e. The first-order chi connectivity index (χ1) is 8.90. The quantitative estimate of drug-likeness (QED) is 0.736. The van der Waals surface area contributed by atoms with Gasteiger partial charge in [-0.2, -0.15) is 0 Å². The zero-order valence-corrected chi connectivity index (χ0v) is 10.4. The molecule has 2 nitrogen and oxygen atoms in total. The van der Waals surface area contributed by atoms with Gasteiger partial charge in [-0.1, -0.05) is 48.5 Å². The zero-order chi connectivity index (χ0) is 12.4. The summed E-state index contributed by atoms with van der Waals surface area (Å²) in [6.07, 6.45) is 0. The van der Waals surface area contributed by atoms with Crippen LogP contribution in [0.4, 0.5) is 0 Å². The van der Waals surface area contributed by atoms with Crippen molar-refractivity contribution >= 4 is 10.9 Å². The highest BCUT2D eigenvalue weighted by molar-refractivity contribution is 5.87. The van der Waals surface area contributed by atoms with Crippen LogP contribution in [0.2, 0.25) is 0 Å². The van der Waals surface area contributed by atoms with E-state index < -0.39 is 0 Å². The summed E-state index contributed by atoms with van der Waals surface area (Å²) in [5, 5.41) is 4.52. The van der Waals surface area contributed by atoms with Gasteiger partial charge in [0.25, 0.3) is 0 Å². The van der Waals surface area contributed by atoms with E-state index in [4.69, 9.17) is 0 Å². The van der Waals surface area contributed by atoms with Gasteiger partial charge < -0.3 is 9.88 Å². The molecule has 18 heavy (non-hydrogen) atoms. The summed E-state index contributed by atoms with van der Waals surface area (Å²) in [5.74, 6) is 0. The van der Waals surface area contributed by atoms with E-state index in [2.05, 4.69) is 70.5 Å². The van der Waals surface area contributed by atoms with E-state index in [-0.39, 0.29) is 0 Å². The summed E-state index contributed by atoms with van der Waals surface area (Å²) in [7, 11) is 1.98. The van der Waals surface area contributed by atoms with Gasteiger partial charge in [0.15, 0.2) is 0 Å². The van der Waals surface area contributed by atoms with Crippen LogP contribution in [-0.4, -0.2) is 11.6 Å². The molecule has 0 aliphatic carbocycles. The van der Waals surface area contributed by atoms with Crippen molar-refractivity contribution in [3.63, 3.8) is 0 Å². The van der Waals surface area contributed by atoms with Gasteiger partial charge in [-0.05, 0) is 24.7 Å². The fraction of sp³-hybridized carbons (Fsp3) is 0.125. The molecule has 0 aliphatic rings. The highest BCUT2D eigenvalue weighted by Crippen LogP contribution is 2.27. The molecule has 0 saturated carbocycles. The van der Waals surface area contributed by atoms with Crippen LogP contribution >= 0.6 is 0 Å². The van der Waals surface area contributed by atoms with Gasteiger partial charge in [-0.15, -0.1) is 0 Å². The van der Waals surface area contributed by atoms with Gasteiger partial charge in [0.1, 0.15) is 0 Å². The van der Waals surface area contributed by atoms with Crippen LogP contribution in [0.1, 0.15) is 0 Å². The first-order valence-electron chi connectivity index (χ1n) is 6.18. The SMILES string of the molecule is CNCn1c(-c2ccccc2)cc2ccccc21. The molecule has 1 aromatic heterocycles. The monoisotopic (exact) mass is 236 g/mol. The number of aromatic nitrogens is 1. The molecule has 0 amide bonds. The molecule has 0 unspecified atom stereocenters. The molecule has 2 aromatic carbocycles. The Bertz CT molecular complexity index is 653. The highest BCUT2D eigenvalue weighted by atomic mass is 15.1. The zero-order valence-electron chi connectivity index (χ0n) is 10.4. The summed E-state index contributed by atoms with van der Waals surface area (Å²) < 4.78 is 2.31. The molecule has 90 valence electrons. The third kappa shape index (κ3) is 1.81. The Labute approximate surface area is 107 Å². The van der Waals surface area contributed by atoms with Crippen molar-refractivity contribution in [1.82, 2.24) is 9.88 Å². The molecule has 0 fully saturated rings. The minimum Gasteiger partial charge on any atom is -0.327 e. The molecule has 1 heterocycles. The Kier molecular flexibility index (Phi) is 2.87. The van der Waals surface area contributed by atoms with Gasteiger partial charge >= 0.3 is 0 Å². The number of hydrogen-bond acceptors (Lipinski definition) is 1. The van der Waals surface area contributed by atoms with E-state index in [0.717, 1.165) is 6.67 Å². The molecule has 0 atom stereocenters. The van der Waals surface area contributed by atoms with Gasteiger partial charge in [0.05, 0.1) is 12.4 Å². The second-order valence-corrected chi connectivity index (χ2v) is 4.39. The minimum absolute atomic E-state index is 0.817. The van der Waals surface area contributed by atoms with Crippen LogP contribution in [-0.2, 0) is 6.67 Å². The first kappa shape index (κ1) is 11.1. The minimum atomic E-state index is 0.817. The number of nitrogens with one attached hydrogen (secondary N) is 1. The van der Waals surface area contributed by atoms with E-state index in [0.29, 0.717) is 0 Å². The van der Waals surface area contributed by atoms with Crippen LogP contribution in [0.25, 0.3) is 22.2 Å². The number of para-hydroxylation sites is 1. The van der Waals surface area contributed by atoms with Crippen molar-refractivity contribution in [1.29, 1.82) is 0 Å². The van der Waals surface area contributed by atoms with Crippen LogP contribution in [0, 0.1) is 0 Å². The summed E-state index contributed by atoms with van der Waals surface area (Å²) in [6, 6.07) is 21.3. The number of benzene rings is 2. The molecule has 3 rings (SSSR count). The molecular formula is C16H16N2. The van der Waals surface area contributed by atoms with Crippen molar-refractivity contribution in [2.24, 2.45) is 0 Å². The molecule has 3 aromatic rings. The third-order valence-corrected chi connectivity index (χ3v) is 3.20. The lowest BCUT2D eigenvalue weighted by Crippen LogP contribution is -2.13. The summed E-state index contributed by atoms with van der Waals surface area (Å²) in [5.41, 5.74) is 3.78. The maximum absolute atomic E-state index is 3.24. The Hall–Kier alpha value is -2.06. The van der Waals surface area contributed by atoms with E-state index in [9.17, 15) is 0 Å². The third-order valence-electron chi connectivity index (χ3n) is 3.20. The molecule has 0 radical (unpaired) electrons. The normalized spacial score (nSPS) is 10.9. The predicted octanol–water partition coefficient (Wildman–Crippen LogP) is 3.49. The topological polar surface area (TPSA) is 17.0 Å².